The molecule has 2 unspecified atom stereocenters. The Hall–Kier alpha value is -1.15. The van der Waals surface area contributed by atoms with Crippen molar-refractivity contribution in [3.05, 3.63) is 23.5 Å². The van der Waals surface area contributed by atoms with Crippen molar-refractivity contribution in [2.45, 2.75) is 30.7 Å². The summed E-state index contributed by atoms with van der Waals surface area (Å²) in [7, 11) is -3.74. The van der Waals surface area contributed by atoms with Crippen LogP contribution >= 0.6 is 11.6 Å². The number of aliphatic hydroxyl groups is 1. The van der Waals surface area contributed by atoms with Gasteiger partial charge >= 0.3 is 0 Å². The molecule has 2 aromatic heterocycles. The Bertz CT molecular complexity index is 790. The van der Waals surface area contributed by atoms with Gasteiger partial charge in [-0.1, -0.05) is 18.5 Å². The van der Waals surface area contributed by atoms with E-state index in [1.807, 2.05) is 6.92 Å². The molecule has 6 nitrogen and oxygen atoms in total. The van der Waals surface area contributed by atoms with Crippen LogP contribution in [0.15, 0.2) is 23.4 Å². The lowest BCUT2D eigenvalue weighted by molar-refractivity contribution is 0.113. The second kappa shape index (κ2) is 5.81. The number of aromatic nitrogens is 2. The summed E-state index contributed by atoms with van der Waals surface area (Å²) in [6.45, 7) is 2.18. The van der Waals surface area contributed by atoms with Gasteiger partial charge in [-0.2, -0.15) is 4.31 Å². The summed E-state index contributed by atoms with van der Waals surface area (Å²) >= 11 is 6.16. The fraction of sp³-hybridized carbons (Fsp3) is 0.500. The van der Waals surface area contributed by atoms with E-state index < -0.39 is 16.1 Å². The van der Waals surface area contributed by atoms with Crippen LogP contribution in [0.1, 0.15) is 19.8 Å². The first kappa shape index (κ1) is 15.7. The molecule has 2 atom stereocenters. The SMILES string of the molecule is CC1CCCN(S(=O)(=O)c2c[nH]c3nccc(Cl)c23)C1CO. The van der Waals surface area contributed by atoms with Crippen LogP contribution in [0.4, 0.5) is 0 Å². The Morgan fingerprint density at radius 1 is 1.55 bits per heavy atom. The fourth-order valence-corrected chi connectivity index (χ4v) is 5.33. The molecule has 0 bridgehead atoms. The number of rotatable bonds is 3. The number of aliphatic hydroxyl groups excluding tert-OH is 1. The molecule has 0 amide bonds. The summed E-state index contributed by atoms with van der Waals surface area (Å²) in [4.78, 5) is 7.08. The maximum atomic E-state index is 13.0. The summed E-state index contributed by atoms with van der Waals surface area (Å²) < 4.78 is 27.5. The van der Waals surface area contributed by atoms with Crippen molar-refractivity contribution in [3.8, 4) is 0 Å². The van der Waals surface area contributed by atoms with Crippen molar-refractivity contribution in [2.75, 3.05) is 13.2 Å². The Balaban J connectivity index is 2.12. The van der Waals surface area contributed by atoms with E-state index in [0.29, 0.717) is 22.6 Å². The third kappa shape index (κ3) is 2.42. The first-order valence-corrected chi connectivity index (χ1v) is 9.03. The van der Waals surface area contributed by atoms with Crippen LogP contribution in [-0.2, 0) is 10.0 Å². The zero-order chi connectivity index (χ0) is 15.9. The number of H-pyrrole nitrogens is 1. The van der Waals surface area contributed by atoms with E-state index in [1.165, 1.54) is 16.7 Å². The van der Waals surface area contributed by atoms with E-state index in [-0.39, 0.29) is 17.4 Å². The number of aromatic amines is 1. The van der Waals surface area contributed by atoms with E-state index in [1.54, 1.807) is 6.07 Å². The monoisotopic (exact) mass is 343 g/mol. The summed E-state index contributed by atoms with van der Waals surface area (Å²) in [6, 6.07) is 1.16. The molecule has 8 heteroatoms. The van der Waals surface area contributed by atoms with Crippen LogP contribution < -0.4 is 0 Å². The lowest BCUT2D eigenvalue weighted by atomic mass is 9.93. The van der Waals surface area contributed by atoms with Gasteiger partial charge in [-0.25, -0.2) is 13.4 Å². The quantitative estimate of drug-likeness (QED) is 0.892. The third-order valence-corrected chi connectivity index (χ3v) is 6.59. The third-order valence-electron chi connectivity index (χ3n) is 4.32. The van der Waals surface area contributed by atoms with Crippen LogP contribution in [0.25, 0.3) is 11.0 Å². The van der Waals surface area contributed by atoms with Gasteiger partial charge in [0.15, 0.2) is 0 Å². The largest absolute Gasteiger partial charge is 0.395 e. The predicted molar refractivity (Wildman–Crippen MR) is 84.3 cm³/mol. The number of fused-ring (bicyclic) bond motifs is 1. The molecule has 3 rings (SSSR count). The minimum atomic E-state index is -3.74. The molecule has 22 heavy (non-hydrogen) atoms. The molecule has 0 radical (unpaired) electrons. The standard InChI is InChI=1S/C14H18ClN3O3S/c1-9-3-2-6-18(11(9)8-19)22(20,21)12-7-17-14-13(12)10(15)4-5-16-14/h4-5,7,9,11,19H,2-3,6,8H2,1H3,(H,16,17). The number of hydrogen-bond acceptors (Lipinski definition) is 4. The van der Waals surface area contributed by atoms with Crippen molar-refractivity contribution in [3.63, 3.8) is 0 Å². The fourth-order valence-electron chi connectivity index (χ4n) is 3.10. The van der Waals surface area contributed by atoms with Gasteiger partial charge in [0.25, 0.3) is 0 Å². The zero-order valence-electron chi connectivity index (χ0n) is 12.2. The van der Waals surface area contributed by atoms with Crippen molar-refractivity contribution in [1.82, 2.24) is 14.3 Å². The number of halogens is 1. The van der Waals surface area contributed by atoms with Gasteiger partial charge in [-0.05, 0) is 24.8 Å². The summed E-state index contributed by atoms with van der Waals surface area (Å²) in [6.07, 6.45) is 4.64. The van der Waals surface area contributed by atoms with Gasteiger partial charge in [0.05, 0.1) is 23.1 Å². The maximum Gasteiger partial charge on any atom is 0.245 e. The molecule has 1 saturated heterocycles. The molecule has 0 spiro atoms. The highest BCUT2D eigenvalue weighted by atomic mass is 35.5. The zero-order valence-corrected chi connectivity index (χ0v) is 13.7. The van der Waals surface area contributed by atoms with E-state index >= 15 is 0 Å². The average molecular weight is 344 g/mol. The van der Waals surface area contributed by atoms with Crippen molar-refractivity contribution in [1.29, 1.82) is 0 Å². The Kier molecular flexibility index (Phi) is 4.15. The summed E-state index contributed by atoms with van der Waals surface area (Å²) in [5.41, 5.74) is 0.441. The second-order valence-corrected chi connectivity index (χ2v) is 7.92. The molecule has 0 aromatic carbocycles. The molecule has 2 N–H and O–H groups in total. The van der Waals surface area contributed by atoms with Gasteiger partial charge in [0, 0.05) is 18.9 Å². The lowest BCUT2D eigenvalue weighted by Crippen LogP contribution is -2.49. The molecule has 120 valence electrons. The van der Waals surface area contributed by atoms with E-state index in [2.05, 4.69) is 9.97 Å². The Morgan fingerprint density at radius 3 is 3.05 bits per heavy atom. The highest BCUT2D eigenvalue weighted by molar-refractivity contribution is 7.89. The topological polar surface area (TPSA) is 86.3 Å². The molecule has 3 heterocycles. The first-order valence-electron chi connectivity index (χ1n) is 7.21. The van der Waals surface area contributed by atoms with Gasteiger partial charge in [0.2, 0.25) is 10.0 Å². The van der Waals surface area contributed by atoms with E-state index in [0.717, 1.165) is 12.8 Å². The molecule has 1 aliphatic heterocycles. The lowest BCUT2D eigenvalue weighted by Gasteiger charge is -2.37. The molecular formula is C14H18ClN3O3S. The number of piperidine rings is 1. The number of nitrogens with one attached hydrogen (secondary N) is 1. The normalized spacial score (nSPS) is 24.0. The Labute approximate surface area is 134 Å². The second-order valence-electron chi connectivity index (χ2n) is 5.65. The molecule has 1 aliphatic rings. The highest BCUT2D eigenvalue weighted by Gasteiger charge is 2.38. The molecule has 2 aromatic rings. The van der Waals surface area contributed by atoms with Gasteiger partial charge < -0.3 is 10.1 Å². The van der Waals surface area contributed by atoms with Crippen LogP contribution in [-0.4, -0.2) is 47.0 Å². The van der Waals surface area contributed by atoms with Gasteiger partial charge in [-0.3, -0.25) is 0 Å². The van der Waals surface area contributed by atoms with Crippen molar-refractivity contribution in [2.24, 2.45) is 5.92 Å². The summed E-state index contributed by atoms with van der Waals surface area (Å²) in [5.74, 6) is 0.118. The summed E-state index contributed by atoms with van der Waals surface area (Å²) in [5, 5.41) is 10.4. The molecule has 0 saturated carbocycles. The van der Waals surface area contributed by atoms with Gasteiger partial charge in [0.1, 0.15) is 10.5 Å². The number of hydrogen-bond donors (Lipinski definition) is 2. The van der Waals surface area contributed by atoms with E-state index in [9.17, 15) is 13.5 Å². The first-order chi connectivity index (χ1) is 10.5. The molecule has 0 aliphatic carbocycles. The van der Waals surface area contributed by atoms with Crippen LogP contribution in [0.3, 0.4) is 0 Å². The van der Waals surface area contributed by atoms with Crippen LogP contribution in [0.2, 0.25) is 5.02 Å². The minimum Gasteiger partial charge on any atom is -0.395 e. The highest BCUT2D eigenvalue weighted by Crippen LogP contribution is 2.34. The predicted octanol–water partition coefficient (Wildman–Crippen LogP) is 2.00. The van der Waals surface area contributed by atoms with Crippen molar-refractivity contribution < 1.29 is 13.5 Å². The smallest absolute Gasteiger partial charge is 0.245 e. The molecular weight excluding hydrogens is 326 g/mol. The van der Waals surface area contributed by atoms with Crippen LogP contribution in [0.5, 0.6) is 0 Å². The Morgan fingerprint density at radius 2 is 2.32 bits per heavy atom. The number of pyridine rings is 1. The number of nitrogens with zero attached hydrogens (tertiary/aromatic N) is 2. The van der Waals surface area contributed by atoms with Crippen LogP contribution in [0, 0.1) is 5.92 Å². The van der Waals surface area contributed by atoms with E-state index in [4.69, 9.17) is 11.6 Å². The van der Waals surface area contributed by atoms with Gasteiger partial charge in [-0.15, -0.1) is 0 Å². The number of sulfonamides is 1. The average Bonchev–Trinajstić information content (AvgIpc) is 2.93. The van der Waals surface area contributed by atoms with Crippen molar-refractivity contribution >= 4 is 32.7 Å². The maximum absolute atomic E-state index is 13.0. The molecule has 1 fully saturated rings. The minimum absolute atomic E-state index is 0.118.